The fourth-order valence-corrected chi connectivity index (χ4v) is 1.68. The van der Waals surface area contributed by atoms with E-state index >= 15 is 0 Å². The molecule has 0 heterocycles. The normalized spacial score (nSPS) is 10.1. The summed E-state index contributed by atoms with van der Waals surface area (Å²) in [6.45, 7) is 4.46. The van der Waals surface area contributed by atoms with Crippen molar-refractivity contribution in [1.82, 2.24) is 0 Å². The van der Waals surface area contributed by atoms with Gasteiger partial charge in [0.05, 0.1) is 6.61 Å². The number of benzene rings is 1. The summed E-state index contributed by atoms with van der Waals surface area (Å²) in [5, 5.41) is 0. The van der Waals surface area contributed by atoms with Crippen molar-refractivity contribution >= 4 is 5.97 Å². The van der Waals surface area contributed by atoms with Gasteiger partial charge in [-0.05, 0) is 37.3 Å². The third-order valence-corrected chi connectivity index (χ3v) is 2.55. The molecule has 0 unspecified atom stereocenters. The number of carbonyl (C=O) groups excluding carboxylic acids is 1. The summed E-state index contributed by atoms with van der Waals surface area (Å²) in [5.41, 5.74) is 2.66. The molecule has 0 spiro atoms. The van der Waals surface area contributed by atoms with Crippen LogP contribution in [0, 0.1) is 0 Å². The number of aryl methyl sites for hydroxylation is 2. The molecule has 1 rings (SSSR count). The third-order valence-electron chi connectivity index (χ3n) is 2.55. The molecular formula is C14H20O2. The van der Waals surface area contributed by atoms with Gasteiger partial charge in [-0.25, -0.2) is 0 Å². The number of carbonyl (C=O) groups is 1. The lowest BCUT2D eigenvalue weighted by Gasteiger charge is -2.04. The molecule has 0 atom stereocenters. The van der Waals surface area contributed by atoms with Crippen molar-refractivity contribution in [3.63, 3.8) is 0 Å². The van der Waals surface area contributed by atoms with Gasteiger partial charge in [0.15, 0.2) is 0 Å². The van der Waals surface area contributed by atoms with E-state index in [1.54, 1.807) is 0 Å². The molecule has 0 amide bonds. The molecule has 0 fully saturated rings. The third kappa shape index (κ3) is 4.47. The number of hydrogen-bond donors (Lipinski definition) is 0. The number of ether oxygens (including phenoxy) is 1. The first-order chi connectivity index (χ1) is 7.76. The summed E-state index contributed by atoms with van der Waals surface area (Å²) in [4.78, 5) is 11.1. The Kier molecular flexibility index (Phi) is 5.62. The van der Waals surface area contributed by atoms with Gasteiger partial charge in [-0.2, -0.15) is 0 Å². The summed E-state index contributed by atoms with van der Waals surface area (Å²) < 4.78 is 4.89. The van der Waals surface area contributed by atoms with Crippen molar-refractivity contribution in [2.45, 2.75) is 39.5 Å². The molecular weight excluding hydrogens is 200 g/mol. The Morgan fingerprint density at radius 2 is 2.00 bits per heavy atom. The van der Waals surface area contributed by atoms with Crippen LogP contribution in [0.3, 0.4) is 0 Å². The molecule has 88 valence electrons. The molecule has 0 aliphatic rings. The largest absolute Gasteiger partial charge is 0.466 e. The van der Waals surface area contributed by atoms with E-state index in [2.05, 4.69) is 31.2 Å². The summed E-state index contributed by atoms with van der Waals surface area (Å²) in [6, 6.07) is 8.54. The number of esters is 1. The smallest absolute Gasteiger partial charge is 0.305 e. The van der Waals surface area contributed by atoms with Crippen LogP contribution in [0.1, 0.15) is 37.8 Å². The molecule has 0 saturated heterocycles. The van der Waals surface area contributed by atoms with Crippen molar-refractivity contribution < 1.29 is 9.53 Å². The Hall–Kier alpha value is -1.31. The topological polar surface area (TPSA) is 26.3 Å². The van der Waals surface area contributed by atoms with Crippen LogP contribution in [0.2, 0.25) is 0 Å². The molecule has 0 aliphatic carbocycles. The van der Waals surface area contributed by atoms with E-state index in [0.29, 0.717) is 13.0 Å². The average molecular weight is 220 g/mol. The summed E-state index contributed by atoms with van der Waals surface area (Å²) in [5.74, 6) is -0.0888. The SMILES string of the molecule is CCOC(=O)CCCc1cccc(CC)c1. The highest BCUT2D eigenvalue weighted by Gasteiger charge is 2.01. The maximum absolute atomic E-state index is 11.1. The van der Waals surface area contributed by atoms with Gasteiger partial charge >= 0.3 is 5.97 Å². The van der Waals surface area contributed by atoms with Crippen molar-refractivity contribution in [3.05, 3.63) is 35.4 Å². The lowest BCUT2D eigenvalue weighted by Crippen LogP contribution is -2.04. The van der Waals surface area contributed by atoms with Crippen LogP contribution in [-0.4, -0.2) is 12.6 Å². The Morgan fingerprint density at radius 3 is 2.69 bits per heavy atom. The predicted octanol–water partition coefficient (Wildman–Crippen LogP) is 3.13. The minimum Gasteiger partial charge on any atom is -0.466 e. The van der Waals surface area contributed by atoms with Crippen LogP contribution in [0.25, 0.3) is 0 Å². The molecule has 16 heavy (non-hydrogen) atoms. The van der Waals surface area contributed by atoms with Crippen LogP contribution < -0.4 is 0 Å². The second-order valence-electron chi connectivity index (χ2n) is 3.83. The van der Waals surface area contributed by atoms with Gasteiger partial charge in [0, 0.05) is 6.42 Å². The first-order valence-electron chi connectivity index (χ1n) is 5.99. The fourth-order valence-electron chi connectivity index (χ4n) is 1.68. The zero-order valence-electron chi connectivity index (χ0n) is 10.2. The highest BCUT2D eigenvalue weighted by atomic mass is 16.5. The second kappa shape index (κ2) is 7.04. The van der Waals surface area contributed by atoms with E-state index in [0.717, 1.165) is 19.3 Å². The zero-order valence-corrected chi connectivity index (χ0v) is 10.2. The molecule has 0 radical (unpaired) electrons. The number of rotatable bonds is 6. The molecule has 2 heteroatoms. The van der Waals surface area contributed by atoms with Crippen LogP contribution in [0.4, 0.5) is 0 Å². The van der Waals surface area contributed by atoms with Gasteiger partial charge in [0.2, 0.25) is 0 Å². The van der Waals surface area contributed by atoms with Gasteiger partial charge in [-0.15, -0.1) is 0 Å². The molecule has 1 aromatic rings. The molecule has 0 N–H and O–H groups in total. The number of hydrogen-bond acceptors (Lipinski definition) is 2. The average Bonchev–Trinajstić information content (AvgIpc) is 2.30. The van der Waals surface area contributed by atoms with Crippen molar-refractivity contribution in [2.75, 3.05) is 6.61 Å². The first kappa shape index (κ1) is 12.8. The second-order valence-corrected chi connectivity index (χ2v) is 3.83. The Bertz CT molecular complexity index is 331. The minimum atomic E-state index is -0.0888. The van der Waals surface area contributed by atoms with Crippen LogP contribution in [-0.2, 0) is 22.4 Å². The van der Waals surface area contributed by atoms with Crippen molar-refractivity contribution in [1.29, 1.82) is 0 Å². The van der Waals surface area contributed by atoms with Crippen molar-refractivity contribution in [2.24, 2.45) is 0 Å². The van der Waals surface area contributed by atoms with E-state index in [-0.39, 0.29) is 5.97 Å². The standard InChI is InChI=1S/C14H20O2/c1-3-12-7-5-8-13(11-12)9-6-10-14(15)16-4-2/h5,7-8,11H,3-4,6,9-10H2,1-2H3. The maximum atomic E-state index is 11.1. The van der Waals surface area contributed by atoms with E-state index in [4.69, 9.17) is 4.74 Å². The summed E-state index contributed by atoms with van der Waals surface area (Å²) in [6.07, 6.45) is 3.40. The van der Waals surface area contributed by atoms with Gasteiger partial charge in [-0.1, -0.05) is 31.2 Å². The van der Waals surface area contributed by atoms with Crippen LogP contribution in [0.15, 0.2) is 24.3 Å². The molecule has 0 aromatic heterocycles. The van der Waals surface area contributed by atoms with Gasteiger partial charge < -0.3 is 4.74 Å². The van der Waals surface area contributed by atoms with Gasteiger partial charge in [0.1, 0.15) is 0 Å². The summed E-state index contributed by atoms with van der Waals surface area (Å²) >= 11 is 0. The molecule has 0 bridgehead atoms. The van der Waals surface area contributed by atoms with Gasteiger partial charge in [0.25, 0.3) is 0 Å². The fraction of sp³-hybridized carbons (Fsp3) is 0.500. The maximum Gasteiger partial charge on any atom is 0.305 e. The van der Waals surface area contributed by atoms with Crippen LogP contribution in [0.5, 0.6) is 0 Å². The Balaban J connectivity index is 2.34. The highest BCUT2D eigenvalue weighted by molar-refractivity contribution is 5.69. The molecule has 2 nitrogen and oxygen atoms in total. The lowest BCUT2D eigenvalue weighted by molar-refractivity contribution is -0.143. The zero-order chi connectivity index (χ0) is 11.8. The van der Waals surface area contributed by atoms with E-state index in [1.807, 2.05) is 6.92 Å². The van der Waals surface area contributed by atoms with E-state index < -0.39 is 0 Å². The van der Waals surface area contributed by atoms with E-state index in [9.17, 15) is 4.79 Å². The minimum absolute atomic E-state index is 0.0888. The summed E-state index contributed by atoms with van der Waals surface area (Å²) in [7, 11) is 0. The predicted molar refractivity (Wildman–Crippen MR) is 65.4 cm³/mol. The Labute approximate surface area is 97.6 Å². The highest BCUT2D eigenvalue weighted by Crippen LogP contribution is 2.09. The van der Waals surface area contributed by atoms with Gasteiger partial charge in [-0.3, -0.25) is 4.79 Å². The Morgan fingerprint density at radius 1 is 1.25 bits per heavy atom. The molecule has 1 aromatic carbocycles. The lowest BCUT2D eigenvalue weighted by atomic mass is 10.0. The monoisotopic (exact) mass is 220 g/mol. The molecule has 0 saturated carbocycles. The van der Waals surface area contributed by atoms with Crippen LogP contribution >= 0.6 is 0 Å². The van der Waals surface area contributed by atoms with E-state index in [1.165, 1.54) is 11.1 Å². The molecule has 0 aliphatic heterocycles. The van der Waals surface area contributed by atoms with Crippen molar-refractivity contribution in [3.8, 4) is 0 Å². The first-order valence-corrected chi connectivity index (χ1v) is 5.99. The quantitative estimate of drug-likeness (QED) is 0.688.